The number of halogens is 1. The van der Waals surface area contributed by atoms with Crippen molar-refractivity contribution in [2.45, 2.75) is 6.42 Å². The van der Waals surface area contributed by atoms with Crippen LogP contribution in [0, 0.1) is 17.1 Å². The van der Waals surface area contributed by atoms with Crippen molar-refractivity contribution in [3.05, 3.63) is 65.5 Å². The molecular formula is C15H13FN2. The summed E-state index contributed by atoms with van der Waals surface area (Å²) in [4.78, 5) is 0. The predicted molar refractivity (Wildman–Crippen MR) is 69.8 cm³/mol. The SMILES string of the molecule is N#Cc1ccc(NCCc2ccccc2)c(F)c1. The molecule has 2 aromatic rings. The molecule has 90 valence electrons. The van der Waals surface area contributed by atoms with Crippen LogP contribution in [-0.2, 0) is 6.42 Å². The first-order chi connectivity index (χ1) is 8.79. The van der Waals surface area contributed by atoms with E-state index in [1.807, 2.05) is 36.4 Å². The molecule has 0 bridgehead atoms. The van der Waals surface area contributed by atoms with Crippen molar-refractivity contribution in [3.8, 4) is 6.07 Å². The Balaban J connectivity index is 1.93. The lowest BCUT2D eigenvalue weighted by molar-refractivity contribution is 0.629. The number of nitrogens with one attached hydrogen (secondary N) is 1. The maximum Gasteiger partial charge on any atom is 0.147 e. The molecule has 0 saturated heterocycles. The van der Waals surface area contributed by atoms with E-state index in [4.69, 9.17) is 5.26 Å². The summed E-state index contributed by atoms with van der Waals surface area (Å²) >= 11 is 0. The first-order valence-corrected chi connectivity index (χ1v) is 5.77. The molecule has 18 heavy (non-hydrogen) atoms. The van der Waals surface area contributed by atoms with Crippen LogP contribution in [0.4, 0.5) is 10.1 Å². The summed E-state index contributed by atoms with van der Waals surface area (Å²) in [7, 11) is 0. The summed E-state index contributed by atoms with van der Waals surface area (Å²) in [6.07, 6.45) is 0.834. The molecule has 0 fully saturated rings. The highest BCUT2D eigenvalue weighted by molar-refractivity contribution is 5.48. The molecule has 0 aliphatic rings. The van der Waals surface area contributed by atoms with Crippen LogP contribution in [0.5, 0.6) is 0 Å². The zero-order valence-electron chi connectivity index (χ0n) is 9.86. The number of hydrogen-bond acceptors (Lipinski definition) is 2. The Bertz CT molecular complexity index is 558. The van der Waals surface area contributed by atoms with Crippen LogP contribution in [-0.4, -0.2) is 6.54 Å². The van der Waals surface area contributed by atoms with Crippen molar-refractivity contribution in [2.75, 3.05) is 11.9 Å². The van der Waals surface area contributed by atoms with Gasteiger partial charge in [-0.25, -0.2) is 4.39 Å². The van der Waals surface area contributed by atoms with Crippen LogP contribution >= 0.6 is 0 Å². The Hall–Kier alpha value is -2.34. The van der Waals surface area contributed by atoms with E-state index < -0.39 is 0 Å². The van der Waals surface area contributed by atoms with Crippen molar-refractivity contribution >= 4 is 5.69 Å². The second-order valence-electron chi connectivity index (χ2n) is 3.97. The van der Waals surface area contributed by atoms with Gasteiger partial charge in [0.1, 0.15) is 5.82 Å². The molecule has 0 amide bonds. The summed E-state index contributed by atoms with van der Waals surface area (Å²) in [5.74, 6) is -0.387. The van der Waals surface area contributed by atoms with Gasteiger partial charge in [0, 0.05) is 6.54 Å². The number of nitrogens with zero attached hydrogens (tertiary/aromatic N) is 1. The normalized spacial score (nSPS) is 9.78. The second kappa shape index (κ2) is 5.83. The van der Waals surface area contributed by atoms with Gasteiger partial charge in [-0.2, -0.15) is 5.26 Å². The maximum absolute atomic E-state index is 13.5. The number of rotatable bonds is 4. The summed E-state index contributed by atoms with van der Waals surface area (Å²) in [5.41, 5.74) is 1.98. The lowest BCUT2D eigenvalue weighted by Crippen LogP contribution is -2.06. The predicted octanol–water partition coefficient (Wildman–Crippen LogP) is 3.35. The smallest absolute Gasteiger partial charge is 0.147 e. The standard InChI is InChI=1S/C15H13FN2/c16-14-10-13(11-17)6-7-15(14)18-9-8-12-4-2-1-3-5-12/h1-7,10,18H,8-9H2. The van der Waals surface area contributed by atoms with Crippen LogP contribution in [0.2, 0.25) is 0 Å². The zero-order chi connectivity index (χ0) is 12.8. The highest BCUT2D eigenvalue weighted by Gasteiger charge is 2.02. The second-order valence-corrected chi connectivity index (χ2v) is 3.97. The van der Waals surface area contributed by atoms with Gasteiger partial charge in [-0.05, 0) is 30.2 Å². The molecule has 0 unspecified atom stereocenters. The number of benzene rings is 2. The number of nitriles is 1. The molecular weight excluding hydrogens is 227 g/mol. The van der Waals surface area contributed by atoms with Gasteiger partial charge in [0.25, 0.3) is 0 Å². The third-order valence-electron chi connectivity index (χ3n) is 2.67. The quantitative estimate of drug-likeness (QED) is 0.889. The van der Waals surface area contributed by atoms with Gasteiger partial charge < -0.3 is 5.32 Å². The van der Waals surface area contributed by atoms with E-state index in [1.54, 1.807) is 12.1 Å². The third-order valence-corrected chi connectivity index (χ3v) is 2.67. The molecule has 2 rings (SSSR count). The lowest BCUT2D eigenvalue weighted by Gasteiger charge is -2.07. The number of hydrogen-bond donors (Lipinski definition) is 1. The van der Waals surface area contributed by atoms with Crippen LogP contribution < -0.4 is 5.32 Å². The zero-order valence-corrected chi connectivity index (χ0v) is 9.86. The molecule has 0 atom stereocenters. The molecule has 1 N–H and O–H groups in total. The summed E-state index contributed by atoms with van der Waals surface area (Å²) in [6, 6.07) is 16.4. The average Bonchev–Trinajstić information content (AvgIpc) is 2.42. The first kappa shape index (κ1) is 12.1. The van der Waals surface area contributed by atoms with Crippen molar-refractivity contribution in [3.63, 3.8) is 0 Å². The van der Waals surface area contributed by atoms with E-state index in [-0.39, 0.29) is 5.82 Å². The van der Waals surface area contributed by atoms with Gasteiger partial charge in [-0.1, -0.05) is 30.3 Å². The fourth-order valence-corrected chi connectivity index (χ4v) is 1.71. The maximum atomic E-state index is 13.5. The summed E-state index contributed by atoms with van der Waals surface area (Å²) in [6.45, 7) is 0.660. The van der Waals surface area contributed by atoms with Crippen molar-refractivity contribution < 1.29 is 4.39 Å². The van der Waals surface area contributed by atoms with Crippen LogP contribution in [0.25, 0.3) is 0 Å². The molecule has 0 radical (unpaired) electrons. The first-order valence-electron chi connectivity index (χ1n) is 5.77. The van der Waals surface area contributed by atoms with Gasteiger partial charge in [-0.3, -0.25) is 0 Å². The van der Waals surface area contributed by atoms with Gasteiger partial charge in [0.2, 0.25) is 0 Å². The molecule has 0 aliphatic heterocycles. The third kappa shape index (κ3) is 3.08. The molecule has 0 saturated carbocycles. The van der Waals surface area contributed by atoms with Crippen molar-refractivity contribution in [1.82, 2.24) is 0 Å². The minimum Gasteiger partial charge on any atom is -0.382 e. The van der Waals surface area contributed by atoms with Gasteiger partial charge in [0.15, 0.2) is 0 Å². The minimum absolute atomic E-state index is 0.334. The minimum atomic E-state index is -0.387. The molecule has 0 heterocycles. The molecule has 2 aromatic carbocycles. The molecule has 0 aliphatic carbocycles. The van der Waals surface area contributed by atoms with E-state index >= 15 is 0 Å². The van der Waals surface area contributed by atoms with E-state index in [1.165, 1.54) is 11.6 Å². The Morgan fingerprint density at radius 3 is 2.56 bits per heavy atom. The summed E-state index contributed by atoms with van der Waals surface area (Å²) < 4.78 is 13.5. The molecule has 0 spiro atoms. The summed E-state index contributed by atoms with van der Waals surface area (Å²) in [5, 5.41) is 11.7. The van der Waals surface area contributed by atoms with E-state index in [2.05, 4.69) is 5.32 Å². The van der Waals surface area contributed by atoms with Gasteiger partial charge in [-0.15, -0.1) is 0 Å². The topological polar surface area (TPSA) is 35.8 Å². The fraction of sp³-hybridized carbons (Fsp3) is 0.133. The Kier molecular flexibility index (Phi) is 3.93. The highest BCUT2D eigenvalue weighted by Crippen LogP contribution is 2.15. The van der Waals surface area contributed by atoms with Crippen LogP contribution in [0.3, 0.4) is 0 Å². The van der Waals surface area contributed by atoms with Crippen molar-refractivity contribution in [1.29, 1.82) is 5.26 Å². The Morgan fingerprint density at radius 1 is 1.11 bits per heavy atom. The van der Waals surface area contributed by atoms with Crippen LogP contribution in [0.15, 0.2) is 48.5 Å². The lowest BCUT2D eigenvalue weighted by atomic mass is 10.1. The number of anilines is 1. The largest absolute Gasteiger partial charge is 0.382 e. The van der Waals surface area contributed by atoms with Gasteiger partial charge >= 0.3 is 0 Å². The molecule has 0 aromatic heterocycles. The van der Waals surface area contributed by atoms with Crippen molar-refractivity contribution in [2.24, 2.45) is 0 Å². The Labute approximate surface area is 106 Å². The molecule has 3 heteroatoms. The monoisotopic (exact) mass is 240 g/mol. The van der Waals surface area contributed by atoms with Gasteiger partial charge in [0.05, 0.1) is 17.3 Å². The molecule has 2 nitrogen and oxygen atoms in total. The van der Waals surface area contributed by atoms with Crippen LogP contribution in [0.1, 0.15) is 11.1 Å². The highest BCUT2D eigenvalue weighted by atomic mass is 19.1. The van der Waals surface area contributed by atoms with E-state index in [0.29, 0.717) is 17.8 Å². The Morgan fingerprint density at radius 2 is 1.89 bits per heavy atom. The van der Waals surface area contributed by atoms with E-state index in [0.717, 1.165) is 6.42 Å². The van der Waals surface area contributed by atoms with E-state index in [9.17, 15) is 4.39 Å². The average molecular weight is 240 g/mol. The fourth-order valence-electron chi connectivity index (χ4n) is 1.71.